The topological polar surface area (TPSA) is 32.3 Å². The van der Waals surface area contributed by atoms with Crippen LogP contribution in [0.4, 0.5) is 0 Å². The van der Waals surface area contributed by atoms with Gasteiger partial charge in [0.1, 0.15) is 0 Å². The largest absolute Gasteiger partial charge is 0.347 e. The fourth-order valence-corrected chi connectivity index (χ4v) is 3.90. The lowest BCUT2D eigenvalue weighted by molar-refractivity contribution is 0.0955. The van der Waals surface area contributed by atoms with Crippen LogP contribution in [0.15, 0.2) is 36.4 Å². The Morgan fingerprint density at radius 3 is 2.52 bits per heavy atom. The first-order chi connectivity index (χ1) is 11.2. The average molecular weight is 349 g/mol. The summed E-state index contributed by atoms with van der Waals surface area (Å²) in [7, 11) is 0. The lowest BCUT2D eigenvalue weighted by atomic mass is 10.0. The second-order valence-corrected chi connectivity index (χ2v) is 7.61. The number of nitrogens with zero attached hydrogens (tertiary/aromatic N) is 1. The van der Waals surface area contributed by atoms with E-state index in [0.717, 1.165) is 6.54 Å². The van der Waals surface area contributed by atoms with Gasteiger partial charge in [-0.25, -0.2) is 0 Å². The number of halogens is 1. The highest BCUT2D eigenvalue weighted by atomic mass is 35.5. The second kappa shape index (κ2) is 7.95. The van der Waals surface area contributed by atoms with E-state index in [-0.39, 0.29) is 5.91 Å². The van der Waals surface area contributed by atoms with Crippen LogP contribution in [0, 0.1) is 0 Å². The average Bonchev–Trinajstić information content (AvgIpc) is 3.01. The number of carbonyl (C=O) groups is 1. The first-order valence-corrected chi connectivity index (χ1v) is 9.24. The van der Waals surface area contributed by atoms with Gasteiger partial charge in [0.05, 0.1) is 9.21 Å². The van der Waals surface area contributed by atoms with Gasteiger partial charge < -0.3 is 5.32 Å². The Morgan fingerprint density at radius 1 is 1.09 bits per heavy atom. The predicted molar refractivity (Wildman–Crippen MR) is 96.1 cm³/mol. The van der Waals surface area contributed by atoms with Gasteiger partial charge in [-0.15, -0.1) is 11.3 Å². The molecule has 1 fully saturated rings. The van der Waals surface area contributed by atoms with Crippen molar-refractivity contribution in [1.82, 2.24) is 10.2 Å². The zero-order valence-corrected chi connectivity index (χ0v) is 14.6. The van der Waals surface area contributed by atoms with Gasteiger partial charge in [-0.2, -0.15) is 0 Å². The molecule has 2 heterocycles. The second-order valence-electron chi connectivity index (χ2n) is 5.89. The van der Waals surface area contributed by atoms with Gasteiger partial charge in [0.25, 0.3) is 5.91 Å². The van der Waals surface area contributed by atoms with Crippen molar-refractivity contribution >= 4 is 28.8 Å². The zero-order chi connectivity index (χ0) is 16.1. The van der Waals surface area contributed by atoms with E-state index in [0.29, 0.717) is 15.8 Å². The summed E-state index contributed by atoms with van der Waals surface area (Å²) in [5.74, 6) is -0.0605. The molecule has 1 aliphatic heterocycles. The minimum Gasteiger partial charge on any atom is -0.347 e. The summed E-state index contributed by atoms with van der Waals surface area (Å²) in [6.45, 7) is 3.87. The van der Waals surface area contributed by atoms with Crippen molar-refractivity contribution in [1.29, 1.82) is 0 Å². The van der Waals surface area contributed by atoms with Crippen LogP contribution in [-0.4, -0.2) is 23.9 Å². The predicted octanol–water partition coefficient (Wildman–Crippen LogP) is 4.32. The van der Waals surface area contributed by atoms with E-state index >= 15 is 0 Å². The number of nitrogens with one attached hydrogen (secondary N) is 1. The third-order valence-electron chi connectivity index (χ3n) is 4.20. The fraction of sp³-hybridized carbons (Fsp3) is 0.389. The number of rotatable bonds is 5. The Labute approximate surface area is 146 Å². The Bertz CT molecular complexity index is 665. The standard InChI is InChI=1S/C18H21ClN2OS/c19-17-9-8-16(23-17)18(22)20-12-14-6-2-3-7-15(14)13-21-10-4-1-5-11-21/h2-3,6-9H,1,4-5,10-13H2,(H,20,22). The molecule has 3 rings (SSSR count). The quantitative estimate of drug-likeness (QED) is 0.872. The Hall–Kier alpha value is -1.36. The summed E-state index contributed by atoms with van der Waals surface area (Å²) in [6.07, 6.45) is 3.92. The van der Waals surface area contributed by atoms with Crippen molar-refractivity contribution in [3.05, 3.63) is 56.7 Å². The van der Waals surface area contributed by atoms with Crippen LogP contribution in [-0.2, 0) is 13.1 Å². The SMILES string of the molecule is O=C(NCc1ccccc1CN1CCCCC1)c1ccc(Cl)s1. The van der Waals surface area contributed by atoms with Crippen LogP contribution >= 0.6 is 22.9 Å². The molecule has 0 bridgehead atoms. The summed E-state index contributed by atoms with van der Waals surface area (Å²) in [4.78, 5) is 15.3. The van der Waals surface area contributed by atoms with E-state index < -0.39 is 0 Å². The van der Waals surface area contributed by atoms with Gasteiger partial charge in [0.15, 0.2) is 0 Å². The van der Waals surface area contributed by atoms with Gasteiger partial charge in [-0.1, -0.05) is 42.3 Å². The van der Waals surface area contributed by atoms with Crippen LogP contribution in [0.2, 0.25) is 4.34 Å². The highest BCUT2D eigenvalue weighted by molar-refractivity contribution is 7.17. The van der Waals surface area contributed by atoms with Gasteiger partial charge >= 0.3 is 0 Å². The molecule has 0 saturated carbocycles. The van der Waals surface area contributed by atoms with E-state index in [4.69, 9.17) is 11.6 Å². The smallest absolute Gasteiger partial charge is 0.261 e. The van der Waals surface area contributed by atoms with Crippen molar-refractivity contribution in [2.45, 2.75) is 32.4 Å². The van der Waals surface area contributed by atoms with Crippen LogP contribution in [0.5, 0.6) is 0 Å². The summed E-state index contributed by atoms with van der Waals surface area (Å²) < 4.78 is 0.639. The van der Waals surface area contributed by atoms with Crippen LogP contribution < -0.4 is 5.32 Å². The number of hydrogen-bond acceptors (Lipinski definition) is 3. The molecule has 0 spiro atoms. The summed E-state index contributed by atoms with van der Waals surface area (Å²) in [5.41, 5.74) is 2.49. The van der Waals surface area contributed by atoms with Crippen LogP contribution in [0.25, 0.3) is 0 Å². The monoisotopic (exact) mass is 348 g/mol. The maximum Gasteiger partial charge on any atom is 0.261 e. The number of amides is 1. The van der Waals surface area contributed by atoms with Crippen molar-refractivity contribution < 1.29 is 4.79 Å². The number of carbonyl (C=O) groups excluding carboxylic acids is 1. The maximum atomic E-state index is 12.2. The van der Waals surface area contributed by atoms with Gasteiger partial charge in [0, 0.05) is 13.1 Å². The molecule has 23 heavy (non-hydrogen) atoms. The lowest BCUT2D eigenvalue weighted by Crippen LogP contribution is -2.30. The van der Waals surface area contributed by atoms with Gasteiger partial charge in [-0.05, 0) is 49.2 Å². The molecule has 2 aromatic rings. The highest BCUT2D eigenvalue weighted by Gasteiger charge is 2.13. The number of thiophene rings is 1. The molecule has 1 aromatic heterocycles. The molecule has 5 heteroatoms. The molecule has 0 aliphatic carbocycles. The Kier molecular flexibility index (Phi) is 5.70. The fourth-order valence-electron chi connectivity index (χ4n) is 2.94. The summed E-state index contributed by atoms with van der Waals surface area (Å²) >= 11 is 7.20. The van der Waals surface area contributed by atoms with Crippen molar-refractivity contribution in [2.24, 2.45) is 0 Å². The molecule has 122 valence electrons. The minimum absolute atomic E-state index is 0.0605. The van der Waals surface area contributed by atoms with E-state index in [1.807, 2.05) is 6.07 Å². The minimum atomic E-state index is -0.0605. The third kappa shape index (κ3) is 4.56. The highest BCUT2D eigenvalue weighted by Crippen LogP contribution is 2.21. The van der Waals surface area contributed by atoms with E-state index in [1.165, 1.54) is 54.8 Å². The molecule has 1 N–H and O–H groups in total. The van der Waals surface area contributed by atoms with E-state index in [9.17, 15) is 4.79 Å². The molecular weight excluding hydrogens is 328 g/mol. The molecule has 1 amide bonds. The molecule has 1 saturated heterocycles. The first kappa shape index (κ1) is 16.5. The summed E-state index contributed by atoms with van der Waals surface area (Å²) in [6, 6.07) is 11.9. The van der Waals surface area contributed by atoms with Crippen LogP contribution in [0.1, 0.15) is 40.1 Å². The Morgan fingerprint density at radius 2 is 1.83 bits per heavy atom. The lowest BCUT2D eigenvalue weighted by Gasteiger charge is -2.27. The number of likely N-dealkylation sites (tertiary alicyclic amines) is 1. The molecule has 0 atom stereocenters. The molecule has 0 unspecified atom stereocenters. The van der Waals surface area contributed by atoms with Gasteiger partial charge in [-0.3, -0.25) is 9.69 Å². The number of piperidine rings is 1. The van der Waals surface area contributed by atoms with Crippen molar-refractivity contribution in [3.63, 3.8) is 0 Å². The normalized spacial score (nSPS) is 15.5. The van der Waals surface area contributed by atoms with Gasteiger partial charge in [0.2, 0.25) is 0 Å². The maximum absolute atomic E-state index is 12.2. The molecular formula is C18H21ClN2OS. The zero-order valence-electron chi connectivity index (χ0n) is 13.1. The van der Waals surface area contributed by atoms with Crippen LogP contribution in [0.3, 0.4) is 0 Å². The molecule has 0 radical (unpaired) electrons. The van der Waals surface area contributed by atoms with Crippen molar-refractivity contribution in [2.75, 3.05) is 13.1 Å². The third-order valence-corrected chi connectivity index (χ3v) is 5.43. The molecule has 3 nitrogen and oxygen atoms in total. The molecule has 1 aromatic carbocycles. The summed E-state index contributed by atoms with van der Waals surface area (Å²) in [5, 5.41) is 3.00. The number of hydrogen-bond donors (Lipinski definition) is 1. The van der Waals surface area contributed by atoms with E-state index in [1.54, 1.807) is 12.1 Å². The Balaban J connectivity index is 1.62. The first-order valence-electron chi connectivity index (χ1n) is 8.05. The van der Waals surface area contributed by atoms with E-state index in [2.05, 4.69) is 28.4 Å². The number of benzene rings is 1. The van der Waals surface area contributed by atoms with Crippen molar-refractivity contribution in [3.8, 4) is 0 Å². The molecule has 1 aliphatic rings.